The van der Waals surface area contributed by atoms with Gasteiger partial charge in [-0.3, -0.25) is 4.79 Å². The summed E-state index contributed by atoms with van der Waals surface area (Å²) in [6.07, 6.45) is -1.65. The predicted octanol–water partition coefficient (Wildman–Crippen LogP) is 1.11. The highest BCUT2D eigenvalue weighted by atomic mass is 19.1. The zero-order valence-electron chi connectivity index (χ0n) is 6.85. The molecule has 0 unspecified atom stereocenters. The number of carboxylic acid groups (broad SMARTS) is 1. The standard InChI is InChI=1S/C9H10FNO2/c10-7(8(11)9(12)13)6-4-2-1-3-5-6/h1-5,7-8H,11H2,(H,12,13)/t7-,8-/m1/s1. The maximum Gasteiger partial charge on any atom is 0.323 e. The number of hydrogen-bond donors (Lipinski definition) is 2. The Bertz CT molecular complexity index is 289. The zero-order chi connectivity index (χ0) is 9.84. The largest absolute Gasteiger partial charge is 0.480 e. The first kappa shape index (κ1) is 9.67. The predicted molar refractivity (Wildman–Crippen MR) is 45.9 cm³/mol. The smallest absolute Gasteiger partial charge is 0.323 e. The van der Waals surface area contributed by atoms with Gasteiger partial charge in [-0.1, -0.05) is 30.3 Å². The summed E-state index contributed by atoms with van der Waals surface area (Å²) in [4.78, 5) is 10.3. The molecule has 3 nitrogen and oxygen atoms in total. The van der Waals surface area contributed by atoms with E-state index in [0.717, 1.165) is 0 Å². The summed E-state index contributed by atoms with van der Waals surface area (Å²) in [6, 6.07) is 6.51. The summed E-state index contributed by atoms with van der Waals surface area (Å²) < 4.78 is 13.3. The Morgan fingerprint density at radius 1 is 1.38 bits per heavy atom. The van der Waals surface area contributed by atoms with E-state index in [1.165, 1.54) is 12.1 Å². The van der Waals surface area contributed by atoms with Gasteiger partial charge in [-0.2, -0.15) is 0 Å². The normalized spacial score (nSPS) is 14.9. The number of halogens is 1. The number of hydrogen-bond acceptors (Lipinski definition) is 2. The molecule has 0 aliphatic heterocycles. The topological polar surface area (TPSA) is 63.3 Å². The molecule has 70 valence electrons. The minimum atomic E-state index is -1.65. The molecule has 0 aliphatic rings. The Morgan fingerprint density at radius 3 is 2.38 bits per heavy atom. The van der Waals surface area contributed by atoms with Crippen molar-refractivity contribution in [2.75, 3.05) is 0 Å². The van der Waals surface area contributed by atoms with Gasteiger partial charge in [0.15, 0.2) is 6.17 Å². The van der Waals surface area contributed by atoms with E-state index in [1.54, 1.807) is 18.2 Å². The molecular formula is C9H10FNO2. The van der Waals surface area contributed by atoms with Crippen LogP contribution in [0.3, 0.4) is 0 Å². The van der Waals surface area contributed by atoms with Gasteiger partial charge in [0.2, 0.25) is 0 Å². The minimum Gasteiger partial charge on any atom is -0.480 e. The van der Waals surface area contributed by atoms with Crippen LogP contribution in [-0.2, 0) is 4.79 Å². The summed E-state index contributed by atoms with van der Waals surface area (Å²) in [7, 11) is 0. The van der Waals surface area contributed by atoms with Crippen molar-refractivity contribution in [3.63, 3.8) is 0 Å². The van der Waals surface area contributed by atoms with Gasteiger partial charge in [-0.25, -0.2) is 4.39 Å². The maximum atomic E-state index is 13.3. The average Bonchev–Trinajstić information content (AvgIpc) is 2.17. The molecule has 0 amide bonds. The molecule has 1 rings (SSSR count). The number of nitrogens with two attached hydrogens (primary N) is 1. The van der Waals surface area contributed by atoms with Crippen molar-refractivity contribution < 1.29 is 14.3 Å². The van der Waals surface area contributed by atoms with Gasteiger partial charge in [-0.05, 0) is 5.56 Å². The SMILES string of the molecule is N[C@@H](C(=O)O)[C@H](F)c1ccccc1. The van der Waals surface area contributed by atoms with E-state index >= 15 is 0 Å². The van der Waals surface area contributed by atoms with Crippen molar-refractivity contribution >= 4 is 5.97 Å². The third kappa shape index (κ3) is 2.26. The van der Waals surface area contributed by atoms with Crippen LogP contribution < -0.4 is 5.73 Å². The molecule has 0 aliphatic carbocycles. The van der Waals surface area contributed by atoms with Crippen molar-refractivity contribution in [1.82, 2.24) is 0 Å². The monoisotopic (exact) mass is 183 g/mol. The second kappa shape index (κ2) is 4.00. The Hall–Kier alpha value is -1.42. The van der Waals surface area contributed by atoms with Gasteiger partial charge in [0.1, 0.15) is 6.04 Å². The lowest BCUT2D eigenvalue weighted by atomic mass is 10.0. The molecule has 1 aromatic rings. The molecule has 2 atom stereocenters. The molecule has 0 spiro atoms. The van der Waals surface area contributed by atoms with E-state index in [1.807, 2.05) is 0 Å². The van der Waals surface area contributed by atoms with Crippen LogP contribution in [-0.4, -0.2) is 17.1 Å². The fourth-order valence-corrected chi connectivity index (χ4v) is 0.969. The van der Waals surface area contributed by atoms with Crippen LogP contribution in [0.25, 0.3) is 0 Å². The molecule has 0 fully saturated rings. The zero-order valence-corrected chi connectivity index (χ0v) is 6.85. The lowest BCUT2D eigenvalue weighted by Gasteiger charge is -2.12. The third-order valence-electron chi connectivity index (χ3n) is 1.72. The van der Waals surface area contributed by atoms with Crippen molar-refractivity contribution in [3.8, 4) is 0 Å². The molecule has 0 heterocycles. The fourth-order valence-electron chi connectivity index (χ4n) is 0.969. The van der Waals surface area contributed by atoms with Crippen molar-refractivity contribution in [3.05, 3.63) is 35.9 Å². The first-order chi connectivity index (χ1) is 6.13. The summed E-state index contributed by atoms with van der Waals surface area (Å²) in [5.41, 5.74) is 5.41. The van der Waals surface area contributed by atoms with Gasteiger partial charge in [0.25, 0.3) is 0 Å². The van der Waals surface area contributed by atoms with Crippen LogP contribution in [0.4, 0.5) is 4.39 Å². The molecule has 13 heavy (non-hydrogen) atoms. The number of aliphatic carboxylic acids is 1. The second-order valence-electron chi connectivity index (χ2n) is 2.68. The van der Waals surface area contributed by atoms with E-state index in [0.29, 0.717) is 0 Å². The molecule has 0 aromatic heterocycles. The van der Waals surface area contributed by atoms with Crippen LogP contribution in [0, 0.1) is 0 Å². The van der Waals surface area contributed by atoms with Gasteiger partial charge in [0, 0.05) is 0 Å². The first-order valence-electron chi connectivity index (χ1n) is 3.80. The molecule has 4 heteroatoms. The van der Waals surface area contributed by atoms with Crippen LogP contribution in [0.1, 0.15) is 11.7 Å². The highest BCUT2D eigenvalue weighted by molar-refractivity contribution is 5.74. The fraction of sp³-hybridized carbons (Fsp3) is 0.222. The lowest BCUT2D eigenvalue weighted by Crippen LogP contribution is -2.34. The summed E-state index contributed by atoms with van der Waals surface area (Å²) in [5.74, 6) is -1.34. The Morgan fingerprint density at radius 2 is 1.92 bits per heavy atom. The molecule has 0 bridgehead atoms. The van der Waals surface area contributed by atoms with Crippen LogP contribution in [0.2, 0.25) is 0 Å². The Kier molecular flexibility index (Phi) is 2.97. The van der Waals surface area contributed by atoms with Crippen LogP contribution in [0.15, 0.2) is 30.3 Å². The van der Waals surface area contributed by atoms with Crippen LogP contribution in [0.5, 0.6) is 0 Å². The van der Waals surface area contributed by atoms with Crippen LogP contribution >= 0.6 is 0 Å². The molecular weight excluding hydrogens is 173 g/mol. The van der Waals surface area contributed by atoms with E-state index < -0.39 is 18.2 Å². The summed E-state index contributed by atoms with van der Waals surface area (Å²) in [6.45, 7) is 0. The molecule has 3 N–H and O–H groups in total. The number of carbonyl (C=O) groups is 1. The highest BCUT2D eigenvalue weighted by Crippen LogP contribution is 2.19. The molecule has 0 saturated heterocycles. The van der Waals surface area contributed by atoms with E-state index in [-0.39, 0.29) is 5.56 Å². The van der Waals surface area contributed by atoms with Crippen molar-refractivity contribution in [2.45, 2.75) is 12.2 Å². The first-order valence-corrected chi connectivity index (χ1v) is 3.80. The maximum absolute atomic E-state index is 13.3. The lowest BCUT2D eigenvalue weighted by molar-refractivity contribution is -0.140. The van der Waals surface area contributed by atoms with Crippen molar-refractivity contribution in [1.29, 1.82) is 0 Å². The van der Waals surface area contributed by atoms with Gasteiger partial charge < -0.3 is 10.8 Å². The Balaban J connectivity index is 2.79. The van der Waals surface area contributed by atoms with E-state index in [2.05, 4.69) is 0 Å². The number of rotatable bonds is 3. The molecule has 0 radical (unpaired) electrons. The number of carboxylic acids is 1. The quantitative estimate of drug-likeness (QED) is 0.737. The minimum absolute atomic E-state index is 0.289. The number of alkyl halides is 1. The third-order valence-corrected chi connectivity index (χ3v) is 1.72. The average molecular weight is 183 g/mol. The highest BCUT2D eigenvalue weighted by Gasteiger charge is 2.24. The van der Waals surface area contributed by atoms with Gasteiger partial charge >= 0.3 is 5.97 Å². The van der Waals surface area contributed by atoms with Gasteiger partial charge in [0.05, 0.1) is 0 Å². The van der Waals surface area contributed by atoms with Crippen molar-refractivity contribution in [2.24, 2.45) is 5.73 Å². The Labute approximate surface area is 75.0 Å². The molecule has 1 aromatic carbocycles. The number of benzene rings is 1. The summed E-state index contributed by atoms with van der Waals surface area (Å²) >= 11 is 0. The second-order valence-corrected chi connectivity index (χ2v) is 2.68. The molecule has 0 saturated carbocycles. The van der Waals surface area contributed by atoms with E-state index in [9.17, 15) is 9.18 Å². The van der Waals surface area contributed by atoms with Gasteiger partial charge in [-0.15, -0.1) is 0 Å². The summed E-state index contributed by atoms with van der Waals surface area (Å²) in [5, 5.41) is 8.45. The van der Waals surface area contributed by atoms with E-state index in [4.69, 9.17) is 10.8 Å².